The fraction of sp³-hybridized carbons (Fsp3) is 0.947. The maximum Gasteiger partial charge on any atom is 0.225 e. The minimum absolute atomic E-state index is 0.283. The van der Waals surface area contributed by atoms with Gasteiger partial charge in [0.15, 0.2) is 0 Å². The van der Waals surface area contributed by atoms with Gasteiger partial charge in [0.05, 0.1) is 6.10 Å². The van der Waals surface area contributed by atoms with Crippen LogP contribution in [0.1, 0.15) is 38.5 Å². The fourth-order valence-corrected chi connectivity index (χ4v) is 4.54. The molecule has 3 heterocycles. The minimum Gasteiger partial charge on any atom is -0.381 e. The van der Waals surface area contributed by atoms with E-state index in [0.29, 0.717) is 12.0 Å². The lowest BCUT2D eigenvalue weighted by atomic mass is 9.91. The van der Waals surface area contributed by atoms with E-state index < -0.39 is 0 Å². The van der Waals surface area contributed by atoms with Crippen LogP contribution >= 0.6 is 0 Å². The van der Waals surface area contributed by atoms with E-state index in [4.69, 9.17) is 4.74 Å². The molecule has 24 heavy (non-hydrogen) atoms. The number of nitrogens with zero attached hydrogens (tertiary/aromatic N) is 3. The fourth-order valence-electron chi connectivity index (χ4n) is 4.54. The minimum atomic E-state index is 0.283. The molecule has 3 aliphatic heterocycles. The number of methoxy groups -OCH3 is 1. The molecule has 3 saturated heterocycles. The summed E-state index contributed by atoms with van der Waals surface area (Å²) in [5, 5.41) is 0. The van der Waals surface area contributed by atoms with Crippen molar-refractivity contribution in [2.45, 2.75) is 44.6 Å². The van der Waals surface area contributed by atoms with Gasteiger partial charge in [0.2, 0.25) is 5.91 Å². The summed E-state index contributed by atoms with van der Waals surface area (Å²) in [6.45, 7) is 7.66. The van der Waals surface area contributed by atoms with Gasteiger partial charge in [-0.15, -0.1) is 0 Å². The Bertz CT molecular complexity index is 393. The van der Waals surface area contributed by atoms with Gasteiger partial charge in [-0.1, -0.05) is 0 Å². The average Bonchev–Trinajstić information content (AvgIpc) is 2.63. The van der Waals surface area contributed by atoms with E-state index in [1.165, 1.54) is 45.3 Å². The van der Waals surface area contributed by atoms with E-state index in [0.717, 1.165) is 44.9 Å². The number of rotatable bonds is 4. The first-order valence-electron chi connectivity index (χ1n) is 9.88. The summed E-state index contributed by atoms with van der Waals surface area (Å²) in [6.07, 6.45) is 7.27. The molecular formula is C19H35N3O2. The summed E-state index contributed by atoms with van der Waals surface area (Å²) in [7, 11) is 3.99. The third kappa shape index (κ3) is 4.70. The van der Waals surface area contributed by atoms with Crippen molar-refractivity contribution in [1.82, 2.24) is 14.7 Å². The number of piperidine rings is 3. The number of ether oxygens (including phenoxy) is 1. The van der Waals surface area contributed by atoms with Gasteiger partial charge in [-0.3, -0.25) is 4.79 Å². The Balaban J connectivity index is 1.37. The first kappa shape index (κ1) is 18.2. The van der Waals surface area contributed by atoms with Crippen LogP contribution in [0.2, 0.25) is 0 Å². The Morgan fingerprint density at radius 2 is 1.54 bits per heavy atom. The maximum atomic E-state index is 12.7. The van der Waals surface area contributed by atoms with Gasteiger partial charge >= 0.3 is 0 Å². The molecule has 0 aromatic heterocycles. The Kier molecular flexibility index (Phi) is 6.53. The standard InChI is InChI=1S/C19H35N3O2/c1-20-9-5-17(6-10-20)19(23)22-13-3-16(4-14-22)15-21-11-7-18(24-2)8-12-21/h16-18H,3-15H2,1-2H3. The highest BCUT2D eigenvalue weighted by Crippen LogP contribution is 2.25. The van der Waals surface area contributed by atoms with Crippen LogP contribution in [0.15, 0.2) is 0 Å². The zero-order valence-corrected chi connectivity index (χ0v) is 15.6. The van der Waals surface area contributed by atoms with Gasteiger partial charge in [-0.25, -0.2) is 0 Å². The van der Waals surface area contributed by atoms with Crippen molar-refractivity contribution in [2.75, 3.05) is 60.0 Å². The van der Waals surface area contributed by atoms with Gasteiger partial charge < -0.3 is 19.4 Å². The van der Waals surface area contributed by atoms with Crippen molar-refractivity contribution in [2.24, 2.45) is 11.8 Å². The Hall–Kier alpha value is -0.650. The topological polar surface area (TPSA) is 36.0 Å². The van der Waals surface area contributed by atoms with Crippen LogP contribution in [-0.4, -0.2) is 86.7 Å². The van der Waals surface area contributed by atoms with E-state index in [9.17, 15) is 4.79 Å². The molecule has 3 fully saturated rings. The smallest absolute Gasteiger partial charge is 0.225 e. The molecular weight excluding hydrogens is 302 g/mol. The van der Waals surface area contributed by atoms with Crippen LogP contribution in [0.3, 0.4) is 0 Å². The van der Waals surface area contributed by atoms with Gasteiger partial charge in [0, 0.05) is 45.8 Å². The predicted molar refractivity (Wildman–Crippen MR) is 96.0 cm³/mol. The Labute approximate surface area is 147 Å². The highest BCUT2D eigenvalue weighted by atomic mass is 16.5. The second kappa shape index (κ2) is 8.63. The average molecular weight is 338 g/mol. The first-order chi connectivity index (χ1) is 11.7. The van der Waals surface area contributed by atoms with E-state index in [2.05, 4.69) is 21.7 Å². The summed E-state index contributed by atoms with van der Waals surface area (Å²) in [5.74, 6) is 1.49. The van der Waals surface area contributed by atoms with Crippen molar-refractivity contribution in [3.63, 3.8) is 0 Å². The van der Waals surface area contributed by atoms with E-state index in [1.54, 1.807) is 0 Å². The lowest BCUT2D eigenvalue weighted by Gasteiger charge is -2.39. The molecule has 3 aliphatic rings. The number of carbonyl (C=O) groups excluding carboxylic acids is 1. The molecule has 0 aliphatic carbocycles. The summed E-state index contributed by atoms with van der Waals surface area (Å²) in [4.78, 5) is 19.8. The van der Waals surface area contributed by atoms with Crippen LogP contribution in [0.25, 0.3) is 0 Å². The number of hydrogen-bond acceptors (Lipinski definition) is 4. The zero-order valence-electron chi connectivity index (χ0n) is 15.6. The Morgan fingerprint density at radius 1 is 0.917 bits per heavy atom. The molecule has 0 N–H and O–H groups in total. The summed E-state index contributed by atoms with van der Waals surface area (Å²) >= 11 is 0. The van der Waals surface area contributed by atoms with Gasteiger partial charge in [-0.2, -0.15) is 0 Å². The number of likely N-dealkylation sites (tertiary alicyclic amines) is 3. The van der Waals surface area contributed by atoms with Gasteiger partial charge in [0.25, 0.3) is 0 Å². The molecule has 5 nitrogen and oxygen atoms in total. The zero-order chi connectivity index (χ0) is 16.9. The second-order valence-corrected chi connectivity index (χ2v) is 8.08. The van der Waals surface area contributed by atoms with Crippen LogP contribution < -0.4 is 0 Å². The lowest BCUT2D eigenvalue weighted by molar-refractivity contribution is -0.138. The maximum absolute atomic E-state index is 12.7. The van der Waals surface area contributed by atoms with Crippen molar-refractivity contribution in [1.29, 1.82) is 0 Å². The second-order valence-electron chi connectivity index (χ2n) is 8.08. The van der Waals surface area contributed by atoms with Crippen molar-refractivity contribution in [3.8, 4) is 0 Å². The quantitative estimate of drug-likeness (QED) is 0.782. The highest BCUT2D eigenvalue weighted by molar-refractivity contribution is 5.79. The molecule has 1 amide bonds. The van der Waals surface area contributed by atoms with Crippen LogP contribution in [0.4, 0.5) is 0 Å². The third-order valence-electron chi connectivity index (χ3n) is 6.38. The Morgan fingerprint density at radius 3 is 2.12 bits per heavy atom. The van der Waals surface area contributed by atoms with Gasteiger partial charge in [-0.05, 0) is 64.6 Å². The first-order valence-corrected chi connectivity index (χ1v) is 9.88. The summed E-state index contributed by atoms with van der Waals surface area (Å²) < 4.78 is 5.46. The molecule has 0 saturated carbocycles. The number of hydrogen-bond donors (Lipinski definition) is 0. The van der Waals surface area contributed by atoms with Crippen molar-refractivity contribution in [3.05, 3.63) is 0 Å². The molecule has 0 bridgehead atoms. The monoisotopic (exact) mass is 337 g/mol. The predicted octanol–water partition coefficient (Wildman–Crippen LogP) is 1.68. The molecule has 0 aromatic carbocycles. The van der Waals surface area contributed by atoms with Gasteiger partial charge in [0.1, 0.15) is 0 Å². The molecule has 0 spiro atoms. The molecule has 0 radical (unpaired) electrons. The molecule has 138 valence electrons. The summed E-state index contributed by atoms with van der Waals surface area (Å²) in [5.41, 5.74) is 0. The molecule has 0 unspecified atom stereocenters. The van der Waals surface area contributed by atoms with E-state index >= 15 is 0 Å². The molecule has 0 atom stereocenters. The normalized spacial score (nSPS) is 26.8. The molecule has 3 rings (SSSR count). The van der Waals surface area contributed by atoms with Crippen molar-refractivity contribution >= 4 is 5.91 Å². The van der Waals surface area contributed by atoms with E-state index in [-0.39, 0.29) is 5.92 Å². The van der Waals surface area contributed by atoms with E-state index in [1.807, 2.05) is 7.11 Å². The van der Waals surface area contributed by atoms with Crippen LogP contribution in [0, 0.1) is 11.8 Å². The van der Waals surface area contributed by atoms with Crippen molar-refractivity contribution < 1.29 is 9.53 Å². The lowest BCUT2D eigenvalue weighted by Crippen LogP contribution is -2.47. The SMILES string of the molecule is COC1CCN(CC2CCN(C(=O)C3CCN(C)CC3)CC2)CC1. The van der Waals surface area contributed by atoms with Crippen LogP contribution in [0.5, 0.6) is 0 Å². The third-order valence-corrected chi connectivity index (χ3v) is 6.38. The molecule has 5 heteroatoms. The number of amides is 1. The largest absolute Gasteiger partial charge is 0.381 e. The highest BCUT2D eigenvalue weighted by Gasteiger charge is 2.31. The number of carbonyl (C=O) groups is 1. The van der Waals surface area contributed by atoms with Crippen LogP contribution in [-0.2, 0) is 9.53 Å². The summed E-state index contributed by atoms with van der Waals surface area (Å²) in [6, 6.07) is 0. The molecule has 0 aromatic rings.